The Kier molecular flexibility index (Phi) is 3.81. The molecular formula is C20H14N2OS. The van der Waals surface area contributed by atoms with E-state index in [0.29, 0.717) is 4.88 Å². The molecule has 0 saturated heterocycles. The third-order valence-electron chi connectivity index (χ3n) is 3.92. The zero-order valence-electron chi connectivity index (χ0n) is 12.8. The first-order valence-electron chi connectivity index (χ1n) is 7.60. The van der Waals surface area contributed by atoms with Gasteiger partial charge in [0.25, 0.3) is 5.91 Å². The maximum absolute atomic E-state index is 12.0. The van der Waals surface area contributed by atoms with E-state index in [-0.39, 0.29) is 5.91 Å². The summed E-state index contributed by atoms with van der Waals surface area (Å²) in [5.41, 5.74) is 3.61. The molecule has 1 amide bonds. The first-order valence-corrected chi connectivity index (χ1v) is 8.48. The Balaban J connectivity index is 1.76. The predicted octanol–water partition coefficient (Wildman–Crippen LogP) is 4.82. The summed E-state index contributed by atoms with van der Waals surface area (Å²) in [6.45, 7) is 0. The minimum atomic E-state index is -0.189. The fourth-order valence-corrected chi connectivity index (χ4v) is 3.42. The van der Waals surface area contributed by atoms with E-state index in [1.54, 1.807) is 12.3 Å². The summed E-state index contributed by atoms with van der Waals surface area (Å²) in [6, 6.07) is 22.2. The molecule has 0 aliphatic carbocycles. The number of nitrogens with one attached hydrogen (secondary N) is 1. The van der Waals surface area contributed by atoms with Gasteiger partial charge in [0.2, 0.25) is 0 Å². The highest BCUT2D eigenvalue weighted by Crippen LogP contribution is 2.27. The quantitative estimate of drug-likeness (QED) is 0.327. The number of benzene rings is 3. The van der Waals surface area contributed by atoms with E-state index in [9.17, 15) is 4.79 Å². The van der Waals surface area contributed by atoms with Gasteiger partial charge in [0.05, 0.1) is 11.1 Å². The molecule has 0 saturated carbocycles. The second-order valence-corrected chi connectivity index (χ2v) is 6.36. The van der Waals surface area contributed by atoms with E-state index in [0.717, 1.165) is 27.1 Å². The maximum atomic E-state index is 12.0. The van der Waals surface area contributed by atoms with Crippen LogP contribution in [0, 0.1) is 0 Å². The predicted molar refractivity (Wildman–Crippen MR) is 101 cm³/mol. The molecule has 0 aliphatic heterocycles. The van der Waals surface area contributed by atoms with E-state index in [1.807, 2.05) is 35.7 Å². The number of hydrogen-bond acceptors (Lipinski definition) is 3. The van der Waals surface area contributed by atoms with Crippen molar-refractivity contribution in [3.8, 4) is 0 Å². The molecule has 4 rings (SSSR count). The lowest BCUT2D eigenvalue weighted by atomic mass is 9.97. The summed E-state index contributed by atoms with van der Waals surface area (Å²) in [6.07, 6.45) is 1.73. The van der Waals surface area contributed by atoms with Gasteiger partial charge in [0, 0.05) is 5.56 Å². The lowest BCUT2D eigenvalue weighted by Crippen LogP contribution is -2.16. The molecule has 3 nitrogen and oxygen atoms in total. The molecule has 4 heteroatoms. The normalized spacial score (nSPS) is 11.3. The molecule has 0 atom stereocenters. The monoisotopic (exact) mass is 330 g/mol. The van der Waals surface area contributed by atoms with E-state index in [1.165, 1.54) is 11.3 Å². The fourth-order valence-electron chi connectivity index (χ4n) is 2.81. The number of carbonyl (C=O) groups excluding carboxylic acids is 1. The van der Waals surface area contributed by atoms with Crippen molar-refractivity contribution in [1.29, 1.82) is 0 Å². The molecule has 4 aromatic rings. The highest BCUT2D eigenvalue weighted by Gasteiger charge is 2.07. The number of fused-ring (bicyclic) bond motifs is 2. The largest absolute Gasteiger partial charge is 0.281 e. The number of hydrazone groups is 1. The Morgan fingerprint density at radius 2 is 1.58 bits per heavy atom. The third kappa shape index (κ3) is 2.68. The molecule has 0 spiro atoms. The minimum absolute atomic E-state index is 0.189. The standard InChI is InChI=1S/C20H14N2OS/c23-20(19-10-5-11-24-19)22-21-13-18-16-8-3-1-6-14(16)12-15-7-2-4-9-17(15)18/h1-13H,(H,22,23). The molecule has 0 fully saturated rings. The van der Waals surface area contributed by atoms with E-state index in [2.05, 4.69) is 40.9 Å². The Morgan fingerprint density at radius 1 is 0.917 bits per heavy atom. The van der Waals surface area contributed by atoms with Crippen molar-refractivity contribution >= 4 is 45.0 Å². The van der Waals surface area contributed by atoms with Gasteiger partial charge in [-0.15, -0.1) is 11.3 Å². The van der Waals surface area contributed by atoms with Crippen LogP contribution >= 0.6 is 11.3 Å². The van der Waals surface area contributed by atoms with Gasteiger partial charge in [-0.3, -0.25) is 4.79 Å². The second kappa shape index (κ2) is 6.26. The number of rotatable bonds is 3. The van der Waals surface area contributed by atoms with Crippen LogP contribution < -0.4 is 5.43 Å². The zero-order chi connectivity index (χ0) is 16.4. The molecule has 24 heavy (non-hydrogen) atoms. The summed E-state index contributed by atoms with van der Waals surface area (Å²) in [5.74, 6) is -0.189. The highest BCUT2D eigenvalue weighted by molar-refractivity contribution is 7.12. The van der Waals surface area contributed by atoms with Gasteiger partial charge >= 0.3 is 0 Å². The van der Waals surface area contributed by atoms with Gasteiger partial charge in [-0.2, -0.15) is 5.10 Å². The summed E-state index contributed by atoms with van der Waals surface area (Å²) in [5, 5.41) is 10.6. The van der Waals surface area contributed by atoms with Gasteiger partial charge in [0.1, 0.15) is 0 Å². The van der Waals surface area contributed by atoms with Crippen LogP contribution in [0.4, 0.5) is 0 Å². The molecule has 0 unspecified atom stereocenters. The summed E-state index contributed by atoms with van der Waals surface area (Å²) >= 11 is 1.40. The molecule has 1 aromatic heterocycles. The van der Waals surface area contributed by atoms with E-state index in [4.69, 9.17) is 0 Å². The van der Waals surface area contributed by atoms with Crippen LogP contribution in [0.25, 0.3) is 21.5 Å². The fraction of sp³-hybridized carbons (Fsp3) is 0. The third-order valence-corrected chi connectivity index (χ3v) is 4.79. The second-order valence-electron chi connectivity index (χ2n) is 5.41. The summed E-state index contributed by atoms with van der Waals surface area (Å²) < 4.78 is 0. The van der Waals surface area contributed by atoms with Crippen molar-refractivity contribution in [1.82, 2.24) is 5.43 Å². The molecule has 116 valence electrons. The number of thiophene rings is 1. The lowest BCUT2D eigenvalue weighted by Gasteiger charge is -2.07. The SMILES string of the molecule is O=C(NN=Cc1c2ccccc2cc2ccccc12)c1cccs1. The topological polar surface area (TPSA) is 41.5 Å². The van der Waals surface area contributed by atoms with Crippen molar-refractivity contribution in [3.63, 3.8) is 0 Å². The lowest BCUT2D eigenvalue weighted by molar-refractivity contribution is 0.0959. The number of hydrogen-bond donors (Lipinski definition) is 1. The summed E-state index contributed by atoms with van der Waals surface area (Å²) in [7, 11) is 0. The Hall–Kier alpha value is -2.98. The first kappa shape index (κ1) is 14.6. The van der Waals surface area contributed by atoms with Crippen LogP contribution in [0.1, 0.15) is 15.2 Å². The van der Waals surface area contributed by atoms with Crippen LogP contribution in [0.5, 0.6) is 0 Å². The van der Waals surface area contributed by atoms with Crippen LogP contribution in [-0.4, -0.2) is 12.1 Å². The molecule has 0 radical (unpaired) electrons. The summed E-state index contributed by atoms with van der Waals surface area (Å²) in [4.78, 5) is 12.7. The van der Waals surface area contributed by atoms with Crippen LogP contribution in [0.2, 0.25) is 0 Å². The average molecular weight is 330 g/mol. The zero-order valence-corrected chi connectivity index (χ0v) is 13.6. The van der Waals surface area contributed by atoms with Crippen molar-refractivity contribution in [2.75, 3.05) is 0 Å². The highest BCUT2D eigenvalue weighted by atomic mass is 32.1. The van der Waals surface area contributed by atoms with Crippen LogP contribution in [-0.2, 0) is 0 Å². The number of carbonyl (C=O) groups is 1. The van der Waals surface area contributed by atoms with Gasteiger partial charge in [-0.1, -0.05) is 54.6 Å². The molecule has 1 heterocycles. The minimum Gasteiger partial charge on any atom is -0.266 e. The average Bonchev–Trinajstić information content (AvgIpc) is 3.16. The molecular weight excluding hydrogens is 316 g/mol. The van der Waals surface area contributed by atoms with Crippen molar-refractivity contribution in [3.05, 3.63) is 82.6 Å². The van der Waals surface area contributed by atoms with Gasteiger partial charge in [-0.05, 0) is 39.1 Å². The maximum Gasteiger partial charge on any atom is 0.281 e. The Bertz CT molecular complexity index is 998. The van der Waals surface area contributed by atoms with Crippen molar-refractivity contribution in [2.45, 2.75) is 0 Å². The molecule has 3 aromatic carbocycles. The van der Waals surface area contributed by atoms with Crippen molar-refractivity contribution in [2.24, 2.45) is 5.10 Å². The van der Waals surface area contributed by atoms with Crippen LogP contribution in [0.3, 0.4) is 0 Å². The Morgan fingerprint density at radius 3 is 2.21 bits per heavy atom. The van der Waals surface area contributed by atoms with E-state index < -0.39 is 0 Å². The van der Waals surface area contributed by atoms with E-state index >= 15 is 0 Å². The number of nitrogens with zero attached hydrogens (tertiary/aromatic N) is 1. The van der Waals surface area contributed by atoms with Gasteiger partial charge in [-0.25, -0.2) is 5.43 Å². The Labute approximate surface area is 143 Å². The van der Waals surface area contributed by atoms with Gasteiger partial charge < -0.3 is 0 Å². The van der Waals surface area contributed by atoms with Crippen LogP contribution in [0.15, 0.2) is 77.2 Å². The molecule has 0 aliphatic rings. The molecule has 0 bridgehead atoms. The van der Waals surface area contributed by atoms with Gasteiger partial charge in [0.15, 0.2) is 0 Å². The molecule has 1 N–H and O–H groups in total. The van der Waals surface area contributed by atoms with Crippen molar-refractivity contribution < 1.29 is 4.79 Å². The number of amides is 1. The first-order chi connectivity index (χ1) is 11.8. The smallest absolute Gasteiger partial charge is 0.266 e.